The van der Waals surface area contributed by atoms with E-state index in [1.165, 1.54) is 11.1 Å². The van der Waals surface area contributed by atoms with Crippen LogP contribution in [0.4, 0.5) is 0 Å². The van der Waals surface area contributed by atoms with Gasteiger partial charge in [0.25, 0.3) is 0 Å². The average molecular weight is 418 g/mol. The van der Waals surface area contributed by atoms with Crippen LogP contribution in [0.3, 0.4) is 0 Å². The summed E-state index contributed by atoms with van der Waals surface area (Å²) in [7, 11) is 0. The summed E-state index contributed by atoms with van der Waals surface area (Å²) in [6, 6.07) is 18.6. The van der Waals surface area contributed by atoms with Crippen LogP contribution in [-0.4, -0.2) is 15.1 Å². The lowest BCUT2D eigenvalue weighted by atomic mass is 10.0. The van der Waals surface area contributed by atoms with Crippen molar-refractivity contribution in [2.75, 3.05) is 0 Å². The van der Waals surface area contributed by atoms with Gasteiger partial charge in [-0.3, -0.25) is 4.98 Å². The Labute approximate surface area is 180 Å². The van der Waals surface area contributed by atoms with Crippen molar-refractivity contribution in [1.29, 1.82) is 0 Å². The highest BCUT2D eigenvalue weighted by atomic mass is 16.4. The monoisotopic (exact) mass is 418 g/mol. The number of nitrogens with one attached hydrogen (secondary N) is 1. The van der Waals surface area contributed by atoms with Gasteiger partial charge in [0, 0.05) is 12.0 Å². The summed E-state index contributed by atoms with van der Waals surface area (Å²) < 4.78 is 10.8. The molecule has 2 N–H and O–H groups in total. The number of oxazole rings is 2. The molecule has 4 rings (SSSR count). The summed E-state index contributed by atoms with van der Waals surface area (Å²) in [5.41, 5.74) is 4.54. The Bertz CT molecular complexity index is 1170. The van der Waals surface area contributed by atoms with Gasteiger partial charge in [0.2, 0.25) is 11.8 Å². The summed E-state index contributed by atoms with van der Waals surface area (Å²) >= 11 is 0. The summed E-state index contributed by atoms with van der Waals surface area (Å²) in [5.74, 6) is 1.11. The number of aromatic amines is 1. The predicted molar refractivity (Wildman–Crippen MR) is 118 cm³/mol. The zero-order valence-electron chi connectivity index (χ0n) is 17.6. The minimum Gasteiger partial charge on any atom is -0.492 e. The van der Waals surface area contributed by atoms with Crippen molar-refractivity contribution in [3.63, 3.8) is 0 Å². The number of rotatable bonds is 9. The van der Waals surface area contributed by atoms with E-state index in [2.05, 4.69) is 34.2 Å². The Morgan fingerprint density at radius 3 is 2.13 bits per heavy atom. The van der Waals surface area contributed by atoms with E-state index in [1.54, 1.807) is 0 Å². The Morgan fingerprint density at radius 2 is 1.52 bits per heavy atom. The first-order chi connectivity index (χ1) is 15.1. The minimum atomic E-state index is -0.617. The predicted octanol–water partition coefficient (Wildman–Crippen LogP) is 4.99. The van der Waals surface area contributed by atoms with Gasteiger partial charge in [-0.15, -0.1) is 0 Å². The average Bonchev–Trinajstić information content (AvgIpc) is 3.31. The number of aromatic hydroxyl groups is 1. The van der Waals surface area contributed by atoms with Crippen LogP contribution in [-0.2, 0) is 25.7 Å². The van der Waals surface area contributed by atoms with Crippen LogP contribution < -0.4 is 5.76 Å². The molecule has 6 heteroatoms. The normalized spacial score (nSPS) is 11.1. The molecule has 0 atom stereocenters. The second kappa shape index (κ2) is 9.51. The molecule has 0 fully saturated rings. The Hall–Kier alpha value is -3.54. The number of aryl methyl sites for hydroxylation is 5. The summed E-state index contributed by atoms with van der Waals surface area (Å²) in [4.78, 5) is 18.0. The van der Waals surface area contributed by atoms with Crippen LogP contribution in [0.25, 0.3) is 11.5 Å². The number of nitrogens with zero attached hydrogens (tertiary/aromatic N) is 1. The largest absolute Gasteiger partial charge is 0.492 e. The molecule has 4 aromatic rings. The van der Waals surface area contributed by atoms with Crippen LogP contribution in [0.2, 0.25) is 0 Å². The molecule has 0 aliphatic carbocycles. The van der Waals surface area contributed by atoms with Crippen molar-refractivity contribution in [3.05, 3.63) is 93.5 Å². The van der Waals surface area contributed by atoms with Crippen molar-refractivity contribution in [3.8, 4) is 17.3 Å². The molecule has 160 valence electrons. The van der Waals surface area contributed by atoms with Crippen molar-refractivity contribution in [1.82, 2.24) is 9.97 Å². The maximum absolute atomic E-state index is 11.1. The Kier molecular flexibility index (Phi) is 6.36. The molecule has 0 bridgehead atoms. The van der Waals surface area contributed by atoms with Crippen molar-refractivity contribution >= 4 is 0 Å². The molecule has 2 heterocycles. The number of hydrogen-bond donors (Lipinski definition) is 2. The van der Waals surface area contributed by atoms with E-state index < -0.39 is 5.76 Å². The molecular weight excluding hydrogens is 392 g/mol. The van der Waals surface area contributed by atoms with E-state index >= 15 is 0 Å². The highest BCUT2D eigenvalue weighted by Gasteiger charge is 2.11. The topological polar surface area (TPSA) is 92.3 Å². The van der Waals surface area contributed by atoms with Crippen LogP contribution >= 0.6 is 0 Å². The highest BCUT2D eigenvalue weighted by molar-refractivity contribution is 5.53. The van der Waals surface area contributed by atoms with Gasteiger partial charge in [-0.1, -0.05) is 42.5 Å². The summed E-state index contributed by atoms with van der Waals surface area (Å²) in [5, 5.41) is 9.55. The zero-order valence-corrected chi connectivity index (χ0v) is 17.6. The van der Waals surface area contributed by atoms with E-state index in [4.69, 9.17) is 8.83 Å². The van der Waals surface area contributed by atoms with E-state index in [1.807, 2.05) is 37.3 Å². The molecule has 0 saturated carbocycles. The zero-order chi connectivity index (χ0) is 21.6. The lowest BCUT2D eigenvalue weighted by Gasteiger charge is -2.04. The third-order valence-electron chi connectivity index (χ3n) is 5.39. The molecule has 0 spiro atoms. The molecular formula is C25H26N2O4. The Morgan fingerprint density at radius 1 is 0.871 bits per heavy atom. The smallest absolute Gasteiger partial charge is 0.419 e. The van der Waals surface area contributed by atoms with Crippen LogP contribution in [0.5, 0.6) is 5.88 Å². The highest BCUT2D eigenvalue weighted by Crippen LogP contribution is 2.22. The van der Waals surface area contributed by atoms with Gasteiger partial charge in [0.15, 0.2) is 5.76 Å². The lowest BCUT2D eigenvalue weighted by molar-refractivity contribution is 0.417. The van der Waals surface area contributed by atoms with Gasteiger partial charge in [0.1, 0.15) is 5.76 Å². The first kappa shape index (κ1) is 20.7. The van der Waals surface area contributed by atoms with Gasteiger partial charge in [-0.05, 0) is 62.3 Å². The maximum atomic E-state index is 11.1. The minimum absolute atomic E-state index is 0.168. The van der Waals surface area contributed by atoms with E-state index in [-0.39, 0.29) is 5.88 Å². The molecule has 0 radical (unpaired) electrons. The van der Waals surface area contributed by atoms with Crippen LogP contribution in [0.15, 0.2) is 68.2 Å². The van der Waals surface area contributed by atoms with Gasteiger partial charge >= 0.3 is 5.76 Å². The second-order valence-electron chi connectivity index (χ2n) is 7.70. The molecule has 2 aromatic heterocycles. The fraction of sp³-hybridized carbons (Fsp3) is 0.280. The van der Waals surface area contributed by atoms with Gasteiger partial charge < -0.3 is 13.9 Å². The van der Waals surface area contributed by atoms with Gasteiger partial charge in [-0.2, -0.15) is 0 Å². The first-order valence-corrected chi connectivity index (χ1v) is 10.6. The van der Waals surface area contributed by atoms with E-state index in [0.29, 0.717) is 18.1 Å². The molecule has 6 nitrogen and oxygen atoms in total. The third-order valence-corrected chi connectivity index (χ3v) is 5.39. The van der Waals surface area contributed by atoms with Crippen molar-refractivity contribution < 1.29 is 13.9 Å². The molecule has 0 unspecified atom stereocenters. The van der Waals surface area contributed by atoms with Crippen molar-refractivity contribution in [2.45, 2.75) is 45.4 Å². The van der Waals surface area contributed by atoms with E-state index in [9.17, 15) is 9.90 Å². The van der Waals surface area contributed by atoms with Gasteiger partial charge in [-0.25, -0.2) is 9.78 Å². The molecule has 0 aliphatic heterocycles. The van der Waals surface area contributed by atoms with Crippen LogP contribution in [0, 0.1) is 6.92 Å². The quantitative estimate of drug-likeness (QED) is 0.400. The number of hydrogen-bond acceptors (Lipinski definition) is 5. The molecule has 2 aromatic carbocycles. The molecule has 31 heavy (non-hydrogen) atoms. The third kappa shape index (κ3) is 5.34. The Balaban J connectivity index is 1.25. The molecule has 0 aliphatic rings. The SMILES string of the molecule is Cc1oc(-c2ccccc2)nc1CCCc1ccc(CCCc2oc(=O)[nH]c2O)cc1. The van der Waals surface area contributed by atoms with Crippen molar-refractivity contribution in [2.24, 2.45) is 0 Å². The van der Waals surface area contributed by atoms with E-state index in [0.717, 1.165) is 49.1 Å². The lowest BCUT2D eigenvalue weighted by Crippen LogP contribution is -1.94. The van der Waals surface area contributed by atoms with Gasteiger partial charge in [0.05, 0.1) is 5.69 Å². The first-order valence-electron chi connectivity index (χ1n) is 10.6. The summed E-state index contributed by atoms with van der Waals surface area (Å²) in [6.07, 6.45) is 5.05. The second-order valence-corrected chi connectivity index (χ2v) is 7.70. The number of aromatic nitrogens is 2. The molecule has 0 saturated heterocycles. The number of benzene rings is 2. The standard InChI is InChI=1S/C25H26N2O4/c1-17-21(26-24(30-17)20-9-3-2-4-10-20)11-5-7-18-13-15-19(16-14-18)8-6-12-22-23(28)27-25(29)31-22/h2-4,9-10,13-16,28H,5-8,11-12H2,1H3,(H,27,29). The number of H-pyrrole nitrogens is 1. The van der Waals surface area contributed by atoms with Crippen LogP contribution in [0.1, 0.15) is 41.2 Å². The maximum Gasteiger partial charge on any atom is 0.419 e. The molecule has 0 amide bonds. The fourth-order valence-electron chi connectivity index (χ4n) is 3.67. The summed E-state index contributed by atoms with van der Waals surface area (Å²) in [6.45, 7) is 1.97. The fourth-order valence-corrected chi connectivity index (χ4v) is 3.67.